The second kappa shape index (κ2) is 5.66. The quantitative estimate of drug-likeness (QED) is 0.916. The van der Waals surface area contributed by atoms with Gasteiger partial charge in [0.25, 0.3) is 0 Å². The number of ether oxygens (including phenoxy) is 1. The molecule has 2 aromatic heterocycles. The predicted octanol–water partition coefficient (Wildman–Crippen LogP) is 2.06. The predicted molar refractivity (Wildman–Crippen MR) is 73.8 cm³/mol. The monoisotopic (exact) mass is 294 g/mol. The van der Waals surface area contributed by atoms with Crippen LogP contribution in [-0.2, 0) is 11.2 Å². The third-order valence-corrected chi connectivity index (χ3v) is 3.46. The summed E-state index contributed by atoms with van der Waals surface area (Å²) in [6, 6.07) is 0. The molecular weight excluding hydrogens is 280 g/mol. The fourth-order valence-corrected chi connectivity index (χ4v) is 2.03. The van der Waals surface area contributed by atoms with Crippen LogP contribution in [0.1, 0.15) is 18.4 Å². The topological polar surface area (TPSA) is 68.5 Å². The van der Waals surface area contributed by atoms with Gasteiger partial charge in [-0.15, -0.1) is 0 Å². The summed E-state index contributed by atoms with van der Waals surface area (Å²) in [6.07, 6.45) is 7.80. The van der Waals surface area contributed by atoms with Crippen LogP contribution in [0.15, 0.2) is 18.6 Å². The van der Waals surface area contributed by atoms with Crippen LogP contribution in [0.3, 0.4) is 0 Å². The van der Waals surface area contributed by atoms with Gasteiger partial charge >= 0.3 is 6.09 Å². The van der Waals surface area contributed by atoms with E-state index in [2.05, 4.69) is 15.4 Å². The molecule has 0 unspecified atom stereocenters. The van der Waals surface area contributed by atoms with Gasteiger partial charge in [-0.3, -0.25) is 0 Å². The molecule has 0 bridgehead atoms. The van der Waals surface area contributed by atoms with Crippen molar-refractivity contribution in [3.05, 3.63) is 29.2 Å². The highest BCUT2D eigenvalue weighted by atomic mass is 35.5. The van der Waals surface area contributed by atoms with Crippen LogP contribution in [0.25, 0.3) is 5.65 Å². The Kier molecular flexibility index (Phi) is 3.73. The molecule has 1 N–H and O–H groups in total. The highest BCUT2D eigenvalue weighted by molar-refractivity contribution is 6.33. The van der Waals surface area contributed by atoms with Crippen LogP contribution in [-0.4, -0.2) is 33.8 Å². The van der Waals surface area contributed by atoms with E-state index in [0.29, 0.717) is 36.2 Å². The van der Waals surface area contributed by atoms with Gasteiger partial charge in [0.2, 0.25) is 0 Å². The highest BCUT2D eigenvalue weighted by Gasteiger charge is 2.22. The molecule has 2 aromatic rings. The van der Waals surface area contributed by atoms with E-state index < -0.39 is 0 Å². The Morgan fingerprint density at radius 3 is 3.15 bits per heavy atom. The summed E-state index contributed by atoms with van der Waals surface area (Å²) in [5.74, 6) is 0.580. The summed E-state index contributed by atoms with van der Waals surface area (Å²) in [6.45, 7) is 1.04. The maximum absolute atomic E-state index is 11.4. The summed E-state index contributed by atoms with van der Waals surface area (Å²) in [4.78, 5) is 15.6. The number of alkyl carbamates (subject to hydrolysis) is 1. The van der Waals surface area contributed by atoms with E-state index >= 15 is 0 Å². The Hall–Kier alpha value is -1.82. The standard InChI is InChI=1S/C13H15ClN4O2/c14-11-6-17-18-7-10(5-16-12(11)18)3-4-15-13(19)20-8-9-1-2-9/h5-7,9H,1-4,8H2,(H,15,19). The Labute approximate surface area is 121 Å². The number of hydrogen-bond acceptors (Lipinski definition) is 4. The molecule has 0 aliphatic heterocycles. The molecule has 6 nitrogen and oxygen atoms in total. The average molecular weight is 295 g/mol. The Morgan fingerprint density at radius 1 is 1.50 bits per heavy atom. The van der Waals surface area contributed by atoms with E-state index in [1.54, 1.807) is 16.9 Å². The molecule has 0 spiro atoms. The van der Waals surface area contributed by atoms with E-state index in [1.807, 2.05) is 6.20 Å². The molecule has 20 heavy (non-hydrogen) atoms. The molecule has 0 aromatic carbocycles. The van der Waals surface area contributed by atoms with Crippen LogP contribution in [0.2, 0.25) is 5.02 Å². The molecule has 3 rings (SSSR count). The molecule has 7 heteroatoms. The van der Waals surface area contributed by atoms with E-state index in [4.69, 9.17) is 16.3 Å². The summed E-state index contributed by atoms with van der Waals surface area (Å²) in [5.41, 5.74) is 1.60. The Balaban J connectivity index is 1.47. The lowest BCUT2D eigenvalue weighted by molar-refractivity contribution is 0.141. The maximum Gasteiger partial charge on any atom is 0.407 e. The third-order valence-electron chi connectivity index (χ3n) is 3.20. The molecular formula is C13H15ClN4O2. The number of nitrogens with one attached hydrogen (secondary N) is 1. The molecule has 0 radical (unpaired) electrons. The average Bonchev–Trinajstić information content (AvgIpc) is 3.21. The van der Waals surface area contributed by atoms with Crippen LogP contribution in [0.4, 0.5) is 4.79 Å². The fraction of sp³-hybridized carbons (Fsp3) is 0.462. The zero-order valence-corrected chi connectivity index (χ0v) is 11.6. The highest BCUT2D eigenvalue weighted by Crippen LogP contribution is 2.28. The first-order valence-electron chi connectivity index (χ1n) is 6.61. The van der Waals surface area contributed by atoms with Crippen molar-refractivity contribution in [2.75, 3.05) is 13.2 Å². The minimum absolute atomic E-state index is 0.354. The van der Waals surface area contributed by atoms with Gasteiger partial charge in [0.05, 0.1) is 12.8 Å². The maximum atomic E-state index is 11.4. The first kappa shape index (κ1) is 13.2. The van der Waals surface area contributed by atoms with Gasteiger partial charge in [-0.2, -0.15) is 5.10 Å². The Morgan fingerprint density at radius 2 is 2.35 bits per heavy atom. The van der Waals surface area contributed by atoms with Crippen molar-refractivity contribution >= 4 is 23.3 Å². The molecule has 1 fully saturated rings. The molecule has 1 amide bonds. The summed E-state index contributed by atoms with van der Waals surface area (Å²) in [5, 5.41) is 7.34. The lowest BCUT2D eigenvalue weighted by Gasteiger charge is -2.06. The number of halogens is 1. The molecule has 106 valence electrons. The lowest BCUT2D eigenvalue weighted by atomic mass is 10.2. The number of carbonyl (C=O) groups excluding carboxylic acids is 1. The van der Waals surface area contributed by atoms with Gasteiger partial charge in [-0.05, 0) is 30.7 Å². The summed E-state index contributed by atoms with van der Waals surface area (Å²) in [7, 11) is 0. The number of hydrogen-bond donors (Lipinski definition) is 1. The van der Waals surface area contributed by atoms with Crippen LogP contribution in [0, 0.1) is 5.92 Å². The summed E-state index contributed by atoms with van der Waals surface area (Å²) < 4.78 is 6.70. The van der Waals surface area contributed by atoms with Gasteiger partial charge in [0.1, 0.15) is 5.02 Å². The molecule has 1 aliphatic carbocycles. The van der Waals surface area contributed by atoms with Crippen molar-refractivity contribution in [3.63, 3.8) is 0 Å². The first-order chi connectivity index (χ1) is 9.72. The van der Waals surface area contributed by atoms with Gasteiger partial charge in [-0.1, -0.05) is 11.6 Å². The zero-order chi connectivity index (χ0) is 13.9. The number of fused-ring (bicyclic) bond motifs is 1. The van der Waals surface area contributed by atoms with Gasteiger partial charge in [-0.25, -0.2) is 14.3 Å². The minimum atomic E-state index is -0.354. The van der Waals surface area contributed by atoms with E-state index in [0.717, 1.165) is 5.56 Å². The lowest BCUT2D eigenvalue weighted by Crippen LogP contribution is -2.27. The van der Waals surface area contributed by atoms with Crippen molar-refractivity contribution in [1.82, 2.24) is 19.9 Å². The Bertz CT molecular complexity index is 624. The van der Waals surface area contributed by atoms with Crippen molar-refractivity contribution < 1.29 is 9.53 Å². The van der Waals surface area contributed by atoms with E-state index in [-0.39, 0.29) is 6.09 Å². The number of amides is 1. The second-order valence-electron chi connectivity index (χ2n) is 4.94. The van der Waals surface area contributed by atoms with Crippen molar-refractivity contribution in [2.45, 2.75) is 19.3 Å². The SMILES string of the molecule is O=C(NCCc1cnc2c(Cl)cnn2c1)OCC1CC1. The van der Waals surface area contributed by atoms with Crippen LogP contribution >= 0.6 is 11.6 Å². The van der Waals surface area contributed by atoms with Gasteiger partial charge in [0.15, 0.2) is 5.65 Å². The second-order valence-corrected chi connectivity index (χ2v) is 5.35. The minimum Gasteiger partial charge on any atom is -0.449 e. The summed E-state index contributed by atoms with van der Waals surface area (Å²) >= 11 is 5.92. The number of nitrogens with zero attached hydrogens (tertiary/aromatic N) is 3. The zero-order valence-electron chi connectivity index (χ0n) is 10.9. The van der Waals surface area contributed by atoms with Gasteiger partial charge < -0.3 is 10.1 Å². The largest absolute Gasteiger partial charge is 0.449 e. The smallest absolute Gasteiger partial charge is 0.407 e. The molecule has 1 saturated carbocycles. The first-order valence-corrected chi connectivity index (χ1v) is 6.98. The van der Waals surface area contributed by atoms with E-state index in [1.165, 1.54) is 12.8 Å². The van der Waals surface area contributed by atoms with Crippen LogP contribution in [0.5, 0.6) is 0 Å². The molecule has 1 aliphatic rings. The molecule has 0 saturated heterocycles. The number of rotatable bonds is 5. The normalized spacial score (nSPS) is 14.4. The van der Waals surface area contributed by atoms with Crippen molar-refractivity contribution in [3.8, 4) is 0 Å². The third kappa shape index (κ3) is 3.19. The number of carbonyl (C=O) groups is 1. The number of aromatic nitrogens is 3. The van der Waals surface area contributed by atoms with Crippen molar-refractivity contribution in [2.24, 2.45) is 5.92 Å². The van der Waals surface area contributed by atoms with Crippen molar-refractivity contribution in [1.29, 1.82) is 0 Å². The van der Waals surface area contributed by atoms with Crippen LogP contribution < -0.4 is 5.32 Å². The van der Waals surface area contributed by atoms with Gasteiger partial charge in [0, 0.05) is 18.9 Å². The fourth-order valence-electron chi connectivity index (χ4n) is 1.85. The molecule has 0 atom stereocenters. The molecule has 2 heterocycles. The van der Waals surface area contributed by atoms with E-state index in [9.17, 15) is 4.79 Å².